The van der Waals surface area contributed by atoms with Crippen LogP contribution in [0.1, 0.15) is 51.0 Å². The van der Waals surface area contributed by atoms with Crippen molar-refractivity contribution in [1.29, 1.82) is 0 Å². The molecule has 2 atom stereocenters. The number of rotatable bonds is 3. The first-order valence-corrected chi connectivity index (χ1v) is 7.23. The van der Waals surface area contributed by atoms with E-state index in [1.165, 1.54) is 18.4 Å². The van der Waals surface area contributed by atoms with Crippen molar-refractivity contribution < 1.29 is 9.84 Å². The third kappa shape index (κ3) is 3.74. The van der Waals surface area contributed by atoms with Crippen LogP contribution in [-0.4, -0.2) is 17.3 Å². The van der Waals surface area contributed by atoms with Crippen molar-refractivity contribution in [3.8, 4) is 5.75 Å². The lowest BCUT2D eigenvalue weighted by Crippen LogP contribution is -2.32. The number of ether oxygens (including phenoxy) is 1. The summed E-state index contributed by atoms with van der Waals surface area (Å²) in [7, 11) is 0. The van der Waals surface area contributed by atoms with Gasteiger partial charge in [0, 0.05) is 0 Å². The van der Waals surface area contributed by atoms with Gasteiger partial charge in [0.15, 0.2) is 0 Å². The summed E-state index contributed by atoms with van der Waals surface area (Å²) >= 11 is 0. The second-order valence-electron chi connectivity index (χ2n) is 5.21. The Morgan fingerprint density at radius 2 is 1.72 bits per heavy atom. The molecule has 0 spiro atoms. The first-order chi connectivity index (χ1) is 8.79. The van der Waals surface area contributed by atoms with E-state index in [0.29, 0.717) is 0 Å². The lowest BCUT2D eigenvalue weighted by molar-refractivity contribution is 0.0187. The highest BCUT2D eigenvalue weighted by molar-refractivity contribution is 5.27. The maximum absolute atomic E-state index is 10.1. The molecule has 1 fully saturated rings. The molecule has 1 N–H and O–H groups in total. The summed E-state index contributed by atoms with van der Waals surface area (Å²) in [6, 6.07) is 8.24. The van der Waals surface area contributed by atoms with Gasteiger partial charge in [-0.05, 0) is 43.4 Å². The lowest BCUT2D eigenvalue weighted by atomic mass is 9.96. The monoisotopic (exact) mass is 248 g/mol. The van der Waals surface area contributed by atoms with Crippen LogP contribution in [0.2, 0.25) is 0 Å². The summed E-state index contributed by atoms with van der Waals surface area (Å²) in [5.41, 5.74) is 1.32. The normalized spacial score (nSPS) is 25.2. The van der Waals surface area contributed by atoms with E-state index in [4.69, 9.17) is 4.74 Å². The van der Waals surface area contributed by atoms with E-state index in [1.54, 1.807) is 0 Å². The Labute approximate surface area is 110 Å². The fraction of sp³-hybridized carbons (Fsp3) is 0.625. The molecule has 1 aliphatic rings. The van der Waals surface area contributed by atoms with Crippen LogP contribution >= 0.6 is 0 Å². The molecule has 1 aliphatic carbocycles. The fourth-order valence-electron chi connectivity index (χ4n) is 2.55. The van der Waals surface area contributed by atoms with E-state index in [9.17, 15) is 5.11 Å². The Bertz CT molecular complexity index is 345. The average Bonchev–Trinajstić information content (AvgIpc) is 2.39. The Morgan fingerprint density at radius 1 is 1.06 bits per heavy atom. The molecule has 0 saturated heterocycles. The minimum absolute atomic E-state index is 0.0298. The molecule has 1 aromatic carbocycles. The van der Waals surface area contributed by atoms with Gasteiger partial charge < -0.3 is 9.84 Å². The molecule has 1 aromatic rings. The van der Waals surface area contributed by atoms with Crippen LogP contribution in [0.15, 0.2) is 24.3 Å². The van der Waals surface area contributed by atoms with Gasteiger partial charge in [-0.1, -0.05) is 38.3 Å². The van der Waals surface area contributed by atoms with E-state index < -0.39 is 0 Å². The molecular weight excluding hydrogens is 224 g/mol. The van der Waals surface area contributed by atoms with E-state index in [2.05, 4.69) is 19.1 Å². The smallest absolute Gasteiger partial charge is 0.124 e. The Morgan fingerprint density at radius 3 is 2.39 bits per heavy atom. The molecule has 2 unspecified atom stereocenters. The number of benzene rings is 1. The van der Waals surface area contributed by atoms with E-state index in [0.717, 1.165) is 37.9 Å². The lowest BCUT2D eigenvalue weighted by Gasteiger charge is -2.26. The zero-order valence-electron chi connectivity index (χ0n) is 11.3. The Balaban J connectivity index is 1.96. The summed E-state index contributed by atoms with van der Waals surface area (Å²) in [6.07, 6.45) is 7.34. The van der Waals surface area contributed by atoms with Gasteiger partial charge in [-0.25, -0.2) is 0 Å². The molecule has 2 nitrogen and oxygen atoms in total. The van der Waals surface area contributed by atoms with Gasteiger partial charge in [0.25, 0.3) is 0 Å². The third-order valence-corrected chi connectivity index (χ3v) is 3.79. The second-order valence-corrected chi connectivity index (χ2v) is 5.21. The average molecular weight is 248 g/mol. The van der Waals surface area contributed by atoms with Gasteiger partial charge >= 0.3 is 0 Å². The first kappa shape index (κ1) is 13.4. The number of aliphatic hydroxyl groups excluding tert-OH is 1. The zero-order valence-corrected chi connectivity index (χ0v) is 11.3. The molecule has 1 saturated carbocycles. The van der Waals surface area contributed by atoms with Crippen LogP contribution in [0.4, 0.5) is 0 Å². The molecule has 0 radical (unpaired) electrons. The fourth-order valence-corrected chi connectivity index (χ4v) is 2.55. The van der Waals surface area contributed by atoms with Gasteiger partial charge in [0.2, 0.25) is 0 Å². The molecular formula is C16H24O2. The van der Waals surface area contributed by atoms with Crippen LogP contribution in [0.5, 0.6) is 5.75 Å². The maximum atomic E-state index is 10.1. The second kappa shape index (κ2) is 6.79. The van der Waals surface area contributed by atoms with Gasteiger partial charge in [-0.15, -0.1) is 0 Å². The topological polar surface area (TPSA) is 29.5 Å². The van der Waals surface area contributed by atoms with Crippen molar-refractivity contribution in [3.05, 3.63) is 29.8 Å². The highest BCUT2D eigenvalue weighted by atomic mass is 16.5. The minimum atomic E-state index is -0.309. The van der Waals surface area contributed by atoms with Crippen molar-refractivity contribution in [1.82, 2.24) is 0 Å². The molecule has 0 aromatic heterocycles. The summed E-state index contributed by atoms with van der Waals surface area (Å²) in [4.78, 5) is 0. The van der Waals surface area contributed by atoms with Crippen molar-refractivity contribution in [2.45, 2.75) is 64.1 Å². The first-order valence-electron chi connectivity index (χ1n) is 7.23. The van der Waals surface area contributed by atoms with Crippen molar-refractivity contribution >= 4 is 0 Å². The third-order valence-electron chi connectivity index (χ3n) is 3.79. The molecule has 0 aliphatic heterocycles. The summed E-state index contributed by atoms with van der Waals surface area (Å²) in [5.74, 6) is 0.886. The summed E-state index contributed by atoms with van der Waals surface area (Å²) in [5, 5.41) is 10.1. The number of aliphatic hydroxyl groups is 1. The van der Waals surface area contributed by atoms with Crippen molar-refractivity contribution in [2.24, 2.45) is 0 Å². The molecule has 2 rings (SSSR count). The highest BCUT2D eigenvalue weighted by Gasteiger charge is 2.22. The maximum Gasteiger partial charge on any atom is 0.124 e. The Kier molecular flexibility index (Phi) is 5.06. The van der Waals surface area contributed by atoms with E-state index in [-0.39, 0.29) is 12.2 Å². The Hall–Kier alpha value is -1.02. The van der Waals surface area contributed by atoms with Crippen LogP contribution in [0.25, 0.3) is 0 Å². The van der Waals surface area contributed by atoms with Crippen LogP contribution < -0.4 is 4.74 Å². The molecule has 2 heteroatoms. The summed E-state index contributed by atoms with van der Waals surface area (Å²) in [6.45, 7) is 2.15. The van der Waals surface area contributed by atoms with Crippen LogP contribution in [0.3, 0.4) is 0 Å². The standard InChI is InChI=1S/C16H24O2/c1-2-13-9-11-14(12-10-13)18-16-8-6-4-3-5-7-15(16)17/h9-12,15-17H,2-8H2,1H3. The number of aryl methyl sites for hydroxylation is 1. The van der Waals surface area contributed by atoms with Crippen molar-refractivity contribution in [3.63, 3.8) is 0 Å². The predicted octanol–water partition coefficient (Wildman–Crippen LogP) is 3.71. The van der Waals surface area contributed by atoms with Gasteiger partial charge in [0.05, 0.1) is 6.10 Å². The van der Waals surface area contributed by atoms with E-state index in [1.807, 2.05) is 12.1 Å². The molecule has 0 bridgehead atoms. The quantitative estimate of drug-likeness (QED) is 0.883. The largest absolute Gasteiger partial charge is 0.488 e. The molecule has 0 amide bonds. The predicted molar refractivity (Wildman–Crippen MR) is 73.9 cm³/mol. The number of hydrogen-bond donors (Lipinski definition) is 1. The van der Waals surface area contributed by atoms with Gasteiger partial charge in [-0.3, -0.25) is 0 Å². The molecule has 18 heavy (non-hydrogen) atoms. The van der Waals surface area contributed by atoms with Gasteiger partial charge in [0.1, 0.15) is 11.9 Å². The molecule has 0 heterocycles. The number of hydrogen-bond acceptors (Lipinski definition) is 2. The highest BCUT2D eigenvalue weighted by Crippen LogP contribution is 2.23. The molecule has 100 valence electrons. The SMILES string of the molecule is CCc1ccc(OC2CCCCCCC2O)cc1. The summed E-state index contributed by atoms with van der Waals surface area (Å²) < 4.78 is 5.95. The van der Waals surface area contributed by atoms with Crippen molar-refractivity contribution in [2.75, 3.05) is 0 Å². The van der Waals surface area contributed by atoms with E-state index >= 15 is 0 Å². The van der Waals surface area contributed by atoms with Crippen LogP contribution in [0, 0.1) is 0 Å². The minimum Gasteiger partial charge on any atom is -0.488 e. The van der Waals surface area contributed by atoms with Gasteiger partial charge in [-0.2, -0.15) is 0 Å². The zero-order chi connectivity index (χ0) is 12.8. The van der Waals surface area contributed by atoms with Crippen LogP contribution in [-0.2, 0) is 6.42 Å².